The third kappa shape index (κ3) is 4.44. The van der Waals surface area contributed by atoms with E-state index in [2.05, 4.69) is 0 Å². The molecule has 1 saturated carbocycles. The molecule has 0 aromatic rings. The summed E-state index contributed by atoms with van der Waals surface area (Å²) in [4.78, 5) is 16.9. The van der Waals surface area contributed by atoms with Crippen molar-refractivity contribution in [2.45, 2.75) is 44.6 Å². The van der Waals surface area contributed by atoms with Gasteiger partial charge in [-0.3, -0.25) is 9.63 Å². The molecule has 0 atom stereocenters. The zero-order valence-electron chi connectivity index (χ0n) is 11.7. The number of methoxy groups -OCH3 is 1. The van der Waals surface area contributed by atoms with Gasteiger partial charge in [0, 0.05) is 26.8 Å². The average Bonchev–Trinajstić information content (AvgIpc) is 2.42. The molecule has 0 aromatic heterocycles. The number of carbonyl (C=O) groups is 1. The van der Waals surface area contributed by atoms with Gasteiger partial charge < -0.3 is 9.84 Å². The monoisotopic (exact) mass is 271 g/mol. The number of hydroxylamine groups is 2. The molecule has 2 aliphatic rings. The molecule has 1 aliphatic heterocycles. The van der Waals surface area contributed by atoms with Crippen molar-refractivity contribution in [3.05, 3.63) is 0 Å². The first kappa shape index (κ1) is 14.8. The summed E-state index contributed by atoms with van der Waals surface area (Å²) in [5, 5.41) is 10.9. The molecule has 1 heterocycles. The number of hydrogen-bond acceptors (Lipinski definition) is 4. The minimum Gasteiger partial charge on any atom is -0.481 e. The van der Waals surface area contributed by atoms with Crippen molar-refractivity contribution < 1.29 is 19.5 Å². The molecule has 2 fully saturated rings. The lowest BCUT2D eigenvalue weighted by atomic mass is 9.88. The van der Waals surface area contributed by atoms with Gasteiger partial charge in [0.1, 0.15) is 0 Å². The van der Waals surface area contributed by atoms with Crippen LogP contribution in [0.1, 0.15) is 38.5 Å². The van der Waals surface area contributed by atoms with Crippen LogP contribution in [-0.4, -0.2) is 49.0 Å². The summed E-state index contributed by atoms with van der Waals surface area (Å²) < 4.78 is 5.19. The molecule has 19 heavy (non-hydrogen) atoms. The van der Waals surface area contributed by atoms with Gasteiger partial charge in [0.05, 0.1) is 12.0 Å². The van der Waals surface area contributed by atoms with E-state index in [-0.39, 0.29) is 5.92 Å². The van der Waals surface area contributed by atoms with Crippen LogP contribution in [0.3, 0.4) is 0 Å². The first-order valence-electron chi connectivity index (χ1n) is 7.32. The van der Waals surface area contributed by atoms with Crippen molar-refractivity contribution in [2.24, 2.45) is 11.8 Å². The summed E-state index contributed by atoms with van der Waals surface area (Å²) in [6, 6.07) is 0. The number of rotatable bonds is 5. The molecule has 2 rings (SSSR count). The predicted octanol–water partition coefficient (Wildman–Crippen LogP) is 1.92. The Morgan fingerprint density at radius 3 is 2.32 bits per heavy atom. The van der Waals surface area contributed by atoms with Crippen molar-refractivity contribution in [3.63, 3.8) is 0 Å². The molecule has 0 spiro atoms. The quantitative estimate of drug-likeness (QED) is 0.828. The number of nitrogens with zero attached hydrogens (tertiary/aromatic N) is 1. The van der Waals surface area contributed by atoms with Crippen LogP contribution in [-0.2, 0) is 14.4 Å². The lowest BCUT2D eigenvalue weighted by Gasteiger charge is -2.35. The Balaban J connectivity index is 1.65. The highest BCUT2D eigenvalue weighted by molar-refractivity contribution is 5.70. The lowest BCUT2D eigenvalue weighted by molar-refractivity contribution is -0.219. The molecule has 0 aromatic carbocycles. The smallest absolute Gasteiger partial charge is 0.306 e. The minimum atomic E-state index is -0.667. The summed E-state index contributed by atoms with van der Waals surface area (Å²) in [7, 11) is 1.76. The summed E-state index contributed by atoms with van der Waals surface area (Å²) >= 11 is 0. The second kappa shape index (κ2) is 7.22. The Labute approximate surface area is 114 Å². The second-order valence-electron chi connectivity index (χ2n) is 5.75. The fraction of sp³-hybridized carbons (Fsp3) is 0.929. The van der Waals surface area contributed by atoms with Gasteiger partial charge in [-0.15, -0.1) is 0 Å². The zero-order chi connectivity index (χ0) is 13.7. The first-order valence-corrected chi connectivity index (χ1v) is 7.32. The maximum Gasteiger partial charge on any atom is 0.306 e. The molecule has 1 N–H and O–H groups in total. The van der Waals surface area contributed by atoms with E-state index in [1.54, 1.807) is 7.11 Å². The Morgan fingerprint density at radius 1 is 1.16 bits per heavy atom. The van der Waals surface area contributed by atoms with Gasteiger partial charge in [0.15, 0.2) is 0 Å². The number of carboxylic acids is 1. The SMILES string of the molecule is COC[C@H]1CC[C@@H](ON2CCC(C(=O)O)CC2)CC1. The van der Waals surface area contributed by atoms with Gasteiger partial charge in [0.2, 0.25) is 0 Å². The van der Waals surface area contributed by atoms with Crippen molar-refractivity contribution in [3.8, 4) is 0 Å². The molecule has 5 nitrogen and oxygen atoms in total. The molecule has 0 amide bonds. The molecular weight excluding hydrogens is 246 g/mol. The first-order chi connectivity index (χ1) is 9.19. The van der Waals surface area contributed by atoms with E-state index < -0.39 is 5.97 Å². The Hall–Kier alpha value is -0.650. The van der Waals surface area contributed by atoms with E-state index in [0.29, 0.717) is 24.9 Å². The molecule has 0 bridgehead atoms. The molecule has 0 radical (unpaired) electrons. The number of aliphatic carboxylic acids is 1. The Morgan fingerprint density at radius 2 is 1.79 bits per heavy atom. The predicted molar refractivity (Wildman–Crippen MR) is 70.6 cm³/mol. The highest BCUT2D eigenvalue weighted by atomic mass is 16.7. The molecule has 0 unspecified atom stereocenters. The zero-order valence-corrected chi connectivity index (χ0v) is 11.7. The van der Waals surface area contributed by atoms with E-state index in [1.807, 2.05) is 5.06 Å². The molecular formula is C14H25NO4. The van der Waals surface area contributed by atoms with E-state index >= 15 is 0 Å². The maximum atomic E-state index is 10.9. The lowest BCUT2D eigenvalue weighted by Crippen LogP contribution is -2.39. The van der Waals surface area contributed by atoms with Crippen molar-refractivity contribution in [1.29, 1.82) is 0 Å². The van der Waals surface area contributed by atoms with Gasteiger partial charge in [0.25, 0.3) is 0 Å². The number of ether oxygens (including phenoxy) is 1. The summed E-state index contributed by atoms with van der Waals surface area (Å²) in [6.07, 6.45) is 6.24. The third-order valence-electron chi connectivity index (χ3n) is 4.30. The van der Waals surface area contributed by atoms with Crippen LogP contribution in [0.4, 0.5) is 0 Å². The van der Waals surface area contributed by atoms with Gasteiger partial charge >= 0.3 is 5.97 Å². The summed E-state index contributed by atoms with van der Waals surface area (Å²) in [5.74, 6) is -0.167. The van der Waals surface area contributed by atoms with Crippen molar-refractivity contribution in [1.82, 2.24) is 5.06 Å². The van der Waals surface area contributed by atoms with Crippen LogP contribution in [0, 0.1) is 11.8 Å². The van der Waals surface area contributed by atoms with Gasteiger partial charge in [-0.1, -0.05) is 0 Å². The molecule has 1 aliphatic carbocycles. The van der Waals surface area contributed by atoms with E-state index in [4.69, 9.17) is 14.7 Å². The largest absolute Gasteiger partial charge is 0.481 e. The molecule has 5 heteroatoms. The molecule has 110 valence electrons. The van der Waals surface area contributed by atoms with Crippen molar-refractivity contribution in [2.75, 3.05) is 26.8 Å². The second-order valence-corrected chi connectivity index (χ2v) is 5.75. The van der Waals surface area contributed by atoms with E-state index in [1.165, 1.54) is 12.8 Å². The van der Waals surface area contributed by atoms with E-state index in [0.717, 1.165) is 32.5 Å². The third-order valence-corrected chi connectivity index (χ3v) is 4.30. The van der Waals surface area contributed by atoms with Crippen LogP contribution in [0.15, 0.2) is 0 Å². The van der Waals surface area contributed by atoms with Crippen LogP contribution >= 0.6 is 0 Å². The highest BCUT2D eigenvalue weighted by Crippen LogP contribution is 2.28. The fourth-order valence-corrected chi connectivity index (χ4v) is 3.06. The fourth-order valence-electron chi connectivity index (χ4n) is 3.06. The Kier molecular flexibility index (Phi) is 5.60. The average molecular weight is 271 g/mol. The van der Waals surface area contributed by atoms with Gasteiger partial charge in [-0.05, 0) is 44.4 Å². The number of piperidine rings is 1. The maximum absolute atomic E-state index is 10.9. The molecule has 1 saturated heterocycles. The van der Waals surface area contributed by atoms with Crippen molar-refractivity contribution >= 4 is 5.97 Å². The minimum absolute atomic E-state index is 0.183. The normalized spacial score (nSPS) is 30.4. The summed E-state index contributed by atoms with van der Waals surface area (Å²) in [6.45, 7) is 2.35. The van der Waals surface area contributed by atoms with Gasteiger partial charge in [-0.25, -0.2) is 0 Å². The summed E-state index contributed by atoms with van der Waals surface area (Å²) in [5.41, 5.74) is 0. The standard InChI is InChI=1S/C14H25NO4/c1-18-10-11-2-4-13(5-3-11)19-15-8-6-12(7-9-15)14(16)17/h11-13H,2-10H2,1H3,(H,16,17)/t11-,13+. The van der Waals surface area contributed by atoms with Crippen LogP contribution in [0.25, 0.3) is 0 Å². The topological polar surface area (TPSA) is 59.0 Å². The van der Waals surface area contributed by atoms with Crippen LogP contribution in [0.2, 0.25) is 0 Å². The van der Waals surface area contributed by atoms with Crippen LogP contribution < -0.4 is 0 Å². The van der Waals surface area contributed by atoms with Gasteiger partial charge in [-0.2, -0.15) is 5.06 Å². The number of carboxylic acid groups (broad SMARTS) is 1. The highest BCUT2D eigenvalue weighted by Gasteiger charge is 2.28. The number of hydrogen-bond donors (Lipinski definition) is 1. The van der Waals surface area contributed by atoms with E-state index in [9.17, 15) is 4.79 Å². The Bertz CT molecular complexity index is 281. The van der Waals surface area contributed by atoms with Crippen LogP contribution in [0.5, 0.6) is 0 Å².